The zero-order valence-electron chi connectivity index (χ0n) is 31.4. The Bertz CT molecular complexity index is 2810. The van der Waals surface area contributed by atoms with Crippen molar-refractivity contribution in [3.63, 3.8) is 0 Å². The molecular weight excluding hydrogens is 817 g/mol. The molecule has 2 aliphatic carbocycles. The molecule has 6 aliphatic rings. The Hall–Kier alpha value is -5.94. The van der Waals surface area contributed by atoms with Crippen LogP contribution in [0.2, 0.25) is 0 Å². The van der Waals surface area contributed by atoms with E-state index in [-0.39, 0.29) is 60.6 Å². The van der Waals surface area contributed by atoms with Crippen molar-refractivity contribution >= 4 is 71.4 Å². The molecule has 0 amide bonds. The number of amidine groups is 4. The fourth-order valence-electron chi connectivity index (χ4n) is 8.83. The van der Waals surface area contributed by atoms with E-state index in [2.05, 4.69) is 19.9 Å². The molecule has 0 atom stereocenters. The molecule has 2 N–H and O–H groups in total. The summed E-state index contributed by atoms with van der Waals surface area (Å²) in [7, 11) is 0. The third-order valence-electron chi connectivity index (χ3n) is 11.8. The van der Waals surface area contributed by atoms with E-state index in [0.29, 0.717) is 93.1 Å². The molecule has 21 heteroatoms. The summed E-state index contributed by atoms with van der Waals surface area (Å²) < 4.78 is 19.1. The molecule has 2 saturated carbocycles. The summed E-state index contributed by atoms with van der Waals surface area (Å²) in [5, 5.41) is 21.0. The fraction of sp³-hybridized carbons (Fsp3) is 0.368. The van der Waals surface area contributed by atoms with Gasteiger partial charge < -0.3 is 0 Å². The van der Waals surface area contributed by atoms with Gasteiger partial charge in [-0.3, -0.25) is 0 Å². The van der Waals surface area contributed by atoms with Crippen molar-refractivity contribution in [2.45, 2.75) is 63.6 Å². The number of nitrogens with zero attached hydrogens (tertiary/aromatic N) is 16. The van der Waals surface area contributed by atoms with Crippen LogP contribution in [0, 0.1) is 11.8 Å². The number of hydrogen-bond donors (Lipinski definition) is 2. The van der Waals surface area contributed by atoms with E-state index in [1.807, 2.05) is 7.05 Å². The Morgan fingerprint density at radius 2 is 0.797 bits per heavy atom. The van der Waals surface area contributed by atoms with Gasteiger partial charge in [0.05, 0.1) is 0 Å². The molecule has 294 valence electrons. The van der Waals surface area contributed by atoms with E-state index < -0.39 is 14.4 Å². The zero-order valence-corrected chi connectivity index (χ0v) is 33.5. The molecular formula is C38H34GeN16O4. The van der Waals surface area contributed by atoms with Gasteiger partial charge in [0.15, 0.2) is 0 Å². The van der Waals surface area contributed by atoms with Gasteiger partial charge in [-0.15, -0.1) is 0 Å². The maximum atomic E-state index is 10.5. The minimum absolute atomic E-state index is 0.0989. The summed E-state index contributed by atoms with van der Waals surface area (Å²) in [5.41, 5.74) is 4.09. The van der Waals surface area contributed by atoms with E-state index in [9.17, 15) is 10.2 Å². The molecule has 2 fully saturated rings. The second-order valence-electron chi connectivity index (χ2n) is 15.5. The van der Waals surface area contributed by atoms with Crippen molar-refractivity contribution in [2.75, 3.05) is 13.2 Å². The molecule has 12 rings (SSSR count). The molecule has 20 nitrogen and oxygen atoms in total. The molecule has 6 bridgehead atoms. The van der Waals surface area contributed by atoms with Gasteiger partial charge in [-0.2, -0.15) is 0 Å². The summed E-state index contributed by atoms with van der Waals surface area (Å²) in [6.07, 6.45) is 17.8. The predicted octanol–water partition coefficient (Wildman–Crippen LogP) is 1.67. The van der Waals surface area contributed by atoms with Crippen molar-refractivity contribution in [3.05, 3.63) is 83.3 Å². The number of aliphatic imine (C=N–C) groups is 4. The summed E-state index contributed by atoms with van der Waals surface area (Å²) >= 11 is -5.31. The molecule has 4 aliphatic heterocycles. The normalized spacial score (nSPS) is 25.3. The van der Waals surface area contributed by atoms with Crippen molar-refractivity contribution in [2.24, 2.45) is 41.8 Å². The second kappa shape index (κ2) is 13.6. The molecule has 0 radical (unpaired) electrons. The van der Waals surface area contributed by atoms with E-state index in [1.54, 1.807) is 49.6 Å². The third kappa shape index (κ3) is 5.50. The van der Waals surface area contributed by atoms with Gasteiger partial charge in [-0.25, -0.2) is 0 Å². The Morgan fingerprint density at radius 3 is 1.20 bits per heavy atom. The van der Waals surface area contributed by atoms with Crippen LogP contribution in [0.4, 0.5) is 11.6 Å². The van der Waals surface area contributed by atoms with Crippen LogP contribution in [0.1, 0.15) is 74.1 Å². The van der Waals surface area contributed by atoms with Crippen LogP contribution < -0.4 is 11.0 Å². The van der Waals surface area contributed by atoms with Crippen molar-refractivity contribution < 1.29 is 17.7 Å². The Labute approximate surface area is 337 Å². The number of rotatable bonds is 6. The molecule has 6 aromatic rings. The first-order chi connectivity index (χ1) is 29.0. The standard InChI is InChI=1S/C38H34GeN16O4/c56-21-5-1-19(2-6-21)17-58-39(59-18-20-3-7-22(57)8-4-20)54-35-27-28(45-14-13-44-27)37(54)52-33-25-26(43-12-11-42-25)34(49-33)53-38-30-29(46-15-16-47-30)36(55(38)39)51-32-24-23(31(48-32)50-35)40-9-10-41-24/h9-16,19-22,56-57H,1-8,17-18H2. The molecule has 0 unspecified atom stereocenters. The average Bonchev–Trinajstić information content (AvgIpc) is 3.99. The molecule has 0 saturated heterocycles. The number of hydrogen-bond acceptors (Lipinski definition) is 18. The van der Waals surface area contributed by atoms with Crippen LogP contribution >= 0.6 is 0 Å². The predicted molar refractivity (Wildman–Crippen MR) is 211 cm³/mol. The van der Waals surface area contributed by atoms with Crippen LogP contribution in [-0.2, 0) is 7.53 Å². The second-order valence-corrected chi connectivity index (χ2v) is 20.9. The minimum atomic E-state index is -5.31. The van der Waals surface area contributed by atoms with Crippen LogP contribution in [-0.4, -0.2) is 120 Å². The average molecular weight is 851 g/mol. The topological polar surface area (TPSA) is 246 Å². The van der Waals surface area contributed by atoms with Crippen LogP contribution in [0.25, 0.3) is 22.1 Å². The summed E-state index contributed by atoms with van der Waals surface area (Å²) in [4.78, 5) is 69.3. The number of fused-ring (bicyclic) bond motifs is 14. The van der Waals surface area contributed by atoms with Gasteiger partial charge in [0.1, 0.15) is 0 Å². The Morgan fingerprint density at radius 1 is 0.441 bits per heavy atom. The first-order valence-corrected chi connectivity index (χ1v) is 23.4. The summed E-state index contributed by atoms with van der Waals surface area (Å²) in [6.45, 7) is 0.556. The van der Waals surface area contributed by atoms with Crippen LogP contribution in [0.15, 0.2) is 79.5 Å². The van der Waals surface area contributed by atoms with Crippen LogP contribution in [0.5, 0.6) is 0 Å². The van der Waals surface area contributed by atoms with E-state index in [1.165, 1.54) is 0 Å². The molecule has 59 heavy (non-hydrogen) atoms. The molecule has 0 aromatic carbocycles. The van der Waals surface area contributed by atoms with Crippen LogP contribution in [0.3, 0.4) is 0 Å². The van der Waals surface area contributed by atoms with Gasteiger partial charge in [0.2, 0.25) is 0 Å². The van der Waals surface area contributed by atoms with Gasteiger partial charge in [-0.1, -0.05) is 0 Å². The van der Waals surface area contributed by atoms with E-state index in [4.69, 9.17) is 57.4 Å². The number of aliphatic hydroxyl groups excluding tert-OH is 2. The fourth-order valence-corrected chi connectivity index (χ4v) is 16.0. The first kappa shape index (κ1) is 35.0. The molecule has 0 spiro atoms. The quantitative estimate of drug-likeness (QED) is 0.227. The summed E-state index contributed by atoms with van der Waals surface area (Å²) in [6, 6.07) is 0. The van der Waals surface area contributed by atoms with Gasteiger partial charge in [-0.05, 0) is 0 Å². The molecule has 10 heterocycles. The van der Waals surface area contributed by atoms with E-state index >= 15 is 0 Å². The van der Waals surface area contributed by atoms with Gasteiger partial charge in [0, 0.05) is 0 Å². The Kier molecular flexibility index (Phi) is 8.05. The maximum absolute atomic E-state index is 10.5. The van der Waals surface area contributed by atoms with Crippen molar-refractivity contribution in [1.82, 2.24) is 46.9 Å². The number of aliphatic hydroxyl groups is 2. The number of aromatic nitrogens is 10. The van der Waals surface area contributed by atoms with E-state index in [0.717, 1.165) is 25.7 Å². The Balaban J connectivity index is 1.26. The molecule has 6 aromatic heterocycles. The first-order valence-electron chi connectivity index (χ1n) is 19.8. The van der Waals surface area contributed by atoms with Gasteiger partial charge in [0.25, 0.3) is 0 Å². The third-order valence-corrected chi connectivity index (χ3v) is 18.2. The van der Waals surface area contributed by atoms with Crippen molar-refractivity contribution in [3.8, 4) is 0 Å². The summed E-state index contributed by atoms with van der Waals surface area (Å²) in [5.74, 6) is 1.93. The monoisotopic (exact) mass is 852 g/mol. The van der Waals surface area contributed by atoms with Gasteiger partial charge >= 0.3 is 338 Å². The van der Waals surface area contributed by atoms with Crippen molar-refractivity contribution in [1.29, 1.82) is 0 Å². The zero-order chi connectivity index (χ0) is 39.2. The SMILES string of the molecule is OC1CCC(C[O][Ge]2([O]CC3CCC(O)CC3)[n]3c4c5nccnc5c3N=C3N=C(N=c5c6nccnc6c([n]52)=NC2=NC(=N4)c4nccnc42)c2nccnc23)CC1.